The first-order valence-corrected chi connectivity index (χ1v) is 6.31. The van der Waals surface area contributed by atoms with E-state index < -0.39 is 0 Å². The maximum atomic E-state index is 12.2. The molecule has 0 aliphatic heterocycles. The number of hydrogen-bond donors (Lipinski definition) is 1. The molecule has 4 nitrogen and oxygen atoms in total. The highest BCUT2D eigenvalue weighted by Crippen LogP contribution is 2.17. The molecule has 0 amide bonds. The van der Waals surface area contributed by atoms with Crippen molar-refractivity contribution in [2.75, 3.05) is 13.6 Å². The third-order valence-electron chi connectivity index (χ3n) is 2.46. The lowest BCUT2D eigenvalue weighted by Crippen LogP contribution is -2.27. The number of fused-ring (bicyclic) bond motifs is 1. The predicted octanol–water partition coefficient (Wildman–Crippen LogP) is 2.03. The summed E-state index contributed by atoms with van der Waals surface area (Å²) >= 11 is 9.35. The molecule has 2 rings (SSSR count). The Hall–Kier alpha value is -0.910. The highest BCUT2D eigenvalue weighted by atomic mass is 79.9. The molecule has 0 aliphatic carbocycles. The second kappa shape index (κ2) is 5.16. The average Bonchev–Trinajstić information content (AvgIpc) is 2.28. The summed E-state index contributed by atoms with van der Waals surface area (Å²) in [5.41, 5.74) is 0.498. The van der Waals surface area contributed by atoms with E-state index in [1.165, 1.54) is 4.57 Å². The zero-order valence-electron chi connectivity index (χ0n) is 9.20. The van der Waals surface area contributed by atoms with Crippen LogP contribution in [0.4, 0.5) is 0 Å². The summed E-state index contributed by atoms with van der Waals surface area (Å²) in [5.74, 6) is 0. The third-order valence-corrected chi connectivity index (χ3v) is 3.24. The monoisotopic (exact) mass is 315 g/mol. The van der Waals surface area contributed by atoms with Gasteiger partial charge in [0.1, 0.15) is 0 Å². The molecular formula is C11H11BrClN3O. The summed E-state index contributed by atoms with van der Waals surface area (Å²) in [6, 6.07) is 5.35. The van der Waals surface area contributed by atoms with Crippen molar-refractivity contribution in [3.05, 3.63) is 38.3 Å². The Balaban J connectivity index is 2.63. The van der Waals surface area contributed by atoms with Crippen molar-refractivity contribution in [2.24, 2.45) is 0 Å². The molecule has 1 heterocycles. The number of nitrogens with zero attached hydrogens (tertiary/aromatic N) is 2. The van der Waals surface area contributed by atoms with Gasteiger partial charge in [0.2, 0.25) is 5.28 Å². The van der Waals surface area contributed by atoms with E-state index >= 15 is 0 Å². The van der Waals surface area contributed by atoms with Crippen LogP contribution >= 0.6 is 27.5 Å². The smallest absolute Gasteiger partial charge is 0.262 e. The van der Waals surface area contributed by atoms with Gasteiger partial charge >= 0.3 is 0 Å². The van der Waals surface area contributed by atoms with Crippen LogP contribution in [0.15, 0.2) is 27.5 Å². The van der Waals surface area contributed by atoms with Gasteiger partial charge in [-0.15, -0.1) is 0 Å². The first kappa shape index (κ1) is 12.5. The van der Waals surface area contributed by atoms with Crippen molar-refractivity contribution in [1.29, 1.82) is 0 Å². The number of halogens is 2. The van der Waals surface area contributed by atoms with Crippen molar-refractivity contribution in [1.82, 2.24) is 14.9 Å². The highest BCUT2D eigenvalue weighted by molar-refractivity contribution is 9.10. The topological polar surface area (TPSA) is 46.9 Å². The van der Waals surface area contributed by atoms with Crippen LogP contribution in [-0.2, 0) is 6.54 Å². The lowest BCUT2D eigenvalue weighted by molar-refractivity contribution is 0.622. The molecule has 0 saturated heterocycles. The normalized spacial score (nSPS) is 11.0. The average molecular weight is 317 g/mol. The minimum atomic E-state index is -0.109. The molecule has 0 radical (unpaired) electrons. The summed E-state index contributed by atoms with van der Waals surface area (Å²) in [6.45, 7) is 1.18. The Bertz CT molecular complexity index is 611. The fourth-order valence-electron chi connectivity index (χ4n) is 1.58. The summed E-state index contributed by atoms with van der Waals surface area (Å²) in [4.78, 5) is 16.4. The van der Waals surface area contributed by atoms with Gasteiger partial charge in [-0.3, -0.25) is 9.36 Å². The van der Waals surface area contributed by atoms with Crippen LogP contribution in [0.25, 0.3) is 10.9 Å². The number of nitrogens with one attached hydrogen (secondary N) is 1. The van der Waals surface area contributed by atoms with E-state index in [-0.39, 0.29) is 10.8 Å². The molecule has 90 valence electrons. The summed E-state index contributed by atoms with van der Waals surface area (Å²) in [7, 11) is 1.82. The zero-order valence-corrected chi connectivity index (χ0v) is 11.5. The van der Waals surface area contributed by atoms with Crippen molar-refractivity contribution < 1.29 is 0 Å². The Morgan fingerprint density at radius 2 is 2.29 bits per heavy atom. The molecule has 0 bridgehead atoms. The van der Waals surface area contributed by atoms with Crippen molar-refractivity contribution in [3.63, 3.8) is 0 Å². The molecule has 0 unspecified atom stereocenters. The molecule has 1 N–H and O–H groups in total. The second-order valence-corrected chi connectivity index (χ2v) is 4.86. The van der Waals surface area contributed by atoms with E-state index in [9.17, 15) is 4.79 Å². The quantitative estimate of drug-likeness (QED) is 0.882. The maximum absolute atomic E-state index is 12.2. The van der Waals surface area contributed by atoms with E-state index in [1.54, 1.807) is 12.1 Å². The van der Waals surface area contributed by atoms with E-state index in [1.807, 2.05) is 13.1 Å². The van der Waals surface area contributed by atoms with Gasteiger partial charge in [0, 0.05) is 17.6 Å². The molecule has 0 spiro atoms. The van der Waals surface area contributed by atoms with Crippen LogP contribution in [0.1, 0.15) is 0 Å². The zero-order chi connectivity index (χ0) is 12.4. The first-order valence-electron chi connectivity index (χ1n) is 5.13. The Morgan fingerprint density at radius 3 is 3.00 bits per heavy atom. The largest absolute Gasteiger partial charge is 0.318 e. The number of aromatic nitrogens is 2. The highest BCUT2D eigenvalue weighted by Gasteiger charge is 2.08. The molecule has 6 heteroatoms. The number of hydrogen-bond acceptors (Lipinski definition) is 3. The first-order chi connectivity index (χ1) is 8.13. The van der Waals surface area contributed by atoms with Crippen LogP contribution in [0.3, 0.4) is 0 Å². The van der Waals surface area contributed by atoms with Crippen molar-refractivity contribution >= 4 is 38.4 Å². The molecule has 0 fully saturated rings. The molecule has 2 aromatic rings. The fraction of sp³-hybridized carbons (Fsp3) is 0.273. The van der Waals surface area contributed by atoms with Crippen LogP contribution in [0.2, 0.25) is 5.28 Å². The standard InChI is InChI=1S/C11H11BrClN3O/c1-14-4-5-16-10(17)8-3-2-7(12)6-9(8)15-11(16)13/h2-3,6,14H,4-5H2,1H3. The van der Waals surface area contributed by atoms with Gasteiger partial charge in [-0.2, -0.15) is 0 Å². The minimum absolute atomic E-state index is 0.109. The lowest BCUT2D eigenvalue weighted by atomic mass is 10.2. The van der Waals surface area contributed by atoms with Gasteiger partial charge in [-0.05, 0) is 36.8 Å². The maximum Gasteiger partial charge on any atom is 0.262 e. The van der Waals surface area contributed by atoms with Crippen molar-refractivity contribution in [2.45, 2.75) is 6.54 Å². The Labute approximate surface area is 112 Å². The SMILES string of the molecule is CNCCn1c(Cl)nc2cc(Br)ccc2c1=O. The van der Waals surface area contributed by atoms with E-state index in [4.69, 9.17) is 11.6 Å². The Morgan fingerprint density at radius 1 is 1.53 bits per heavy atom. The van der Waals surface area contributed by atoms with Crippen LogP contribution in [0.5, 0.6) is 0 Å². The van der Waals surface area contributed by atoms with Crippen LogP contribution in [0, 0.1) is 0 Å². The fourth-order valence-corrected chi connectivity index (χ4v) is 2.19. The Kier molecular flexibility index (Phi) is 3.81. The van der Waals surface area contributed by atoms with Gasteiger partial charge < -0.3 is 5.32 Å². The van der Waals surface area contributed by atoms with E-state index in [0.29, 0.717) is 24.0 Å². The molecule has 0 atom stereocenters. The summed E-state index contributed by atoms with van der Waals surface area (Å²) in [5, 5.41) is 3.77. The van der Waals surface area contributed by atoms with Gasteiger partial charge in [0.05, 0.1) is 10.9 Å². The summed E-state index contributed by atoms with van der Waals surface area (Å²) in [6.07, 6.45) is 0. The number of rotatable bonds is 3. The molecule has 1 aromatic carbocycles. The minimum Gasteiger partial charge on any atom is -0.318 e. The number of benzene rings is 1. The number of likely N-dealkylation sites (N-methyl/N-ethyl adjacent to an activating group) is 1. The predicted molar refractivity (Wildman–Crippen MR) is 72.6 cm³/mol. The van der Waals surface area contributed by atoms with Gasteiger partial charge in [-0.25, -0.2) is 4.98 Å². The van der Waals surface area contributed by atoms with E-state index in [0.717, 1.165) is 4.47 Å². The van der Waals surface area contributed by atoms with Gasteiger partial charge in [0.15, 0.2) is 0 Å². The van der Waals surface area contributed by atoms with Gasteiger partial charge in [0.25, 0.3) is 5.56 Å². The molecule has 17 heavy (non-hydrogen) atoms. The van der Waals surface area contributed by atoms with E-state index in [2.05, 4.69) is 26.2 Å². The lowest BCUT2D eigenvalue weighted by Gasteiger charge is -2.08. The third kappa shape index (κ3) is 2.51. The van der Waals surface area contributed by atoms with Crippen LogP contribution < -0.4 is 10.9 Å². The molecular weight excluding hydrogens is 305 g/mol. The van der Waals surface area contributed by atoms with Gasteiger partial charge in [-0.1, -0.05) is 15.9 Å². The second-order valence-electron chi connectivity index (χ2n) is 3.60. The molecule has 1 aromatic heterocycles. The molecule has 0 aliphatic rings. The molecule has 0 saturated carbocycles. The van der Waals surface area contributed by atoms with Crippen molar-refractivity contribution in [3.8, 4) is 0 Å². The summed E-state index contributed by atoms with van der Waals surface area (Å²) < 4.78 is 2.34. The van der Waals surface area contributed by atoms with Crippen LogP contribution in [-0.4, -0.2) is 23.1 Å².